The predicted molar refractivity (Wildman–Crippen MR) is 118 cm³/mol. The molecule has 8 heteroatoms. The molecule has 0 aliphatic carbocycles. The van der Waals surface area contributed by atoms with Crippen LogP contribution in [-0.4, -0.2) is 39.1 Å². The van der Waals surface area contributed by atoms with E-state index in [9.17, 15) is 8.78 Å². The third kappa shape index (κ3) is 3.18. The van der Waals surface area contributed by atoms with Gasteiger partial charge in [-0.15, -0.1) is 0 Å². The molecule has 2 unspecified atom stereocenters. The van der Waals surface area contributed by atoms with Crippen molar-refractivity contribution in [1.82, 2.24) is 19.3 Å². The topological polar surface area (TPSA) is 46.0 Å². The number of halogens is 2. The van der Waals surface area contributed by atoms with Crippen molar-refractivity contribution in [3.05, 3.63) is 72.8 Å². The molecule has 0 spiro atoms. The summed E-state index contributed by atoms with van der Waals surface area (Å²) in [5, 5.41) is 4.35. The Labute approximate surface area is 182 Å². The number of rotatable bonds is 4. The van der Waals surface area contributed by atoms with Gasteiger partial charge in [0.2, 0.25) is 0 Å². The molecular weight excluding hydrogens is 416 g/mol. The van der Waals surface area contributed by atoms with Gasteiger partial charge in [-0.1, -0.05) is 6.07 Å². The van der Waals surface area contributed by atoms with Crippen molar-refractivity contribution in [2.24, 2.45) is 0 Å². The van der Waals surface area contributed by atoms with E-state index in [0.29, 0.717) is 17.5 Å². The Balaban J connectivity index is 1.33. The van der Waals surface area contributed by atoms with Crippen LogP contribution in [-0.2, 0) is 0 Å². The van der Waals surface area contributed by atoms with E-state index in [4.69, 9.17) is 0 Å². The van der Waals surface area contributed by atoms with Crippen LogP contribution in [0.1, 0.15) is 6.42 Å². The van der Waals surface area contributed by atoms with Crippen LogP contribution >= 0.6 is 11.9 Å². The average Bonchev–Trinajstić information content (AvgIpc) is 3.50. The fourth-order valence-electron chi connectivity index (χ4n) is 4.66. The molecule has 31 heavy (non-hydrogen) atoms. The van der Waals surface area contributed by atoms with Gasteiger partial charge in [-0.3, -0.25) is 13.9 Å². The maximum atomic E-state index is 15.0. The van der Waals surface area contributed by atoms with Crippen LogP contribution in [0, 0.1) is 11.6 Å². The highest BCUT2D eigenvalue weighted by Gasteiger charge is 2.39. The molecule has 6 rings (SSSR count). The van der Waals surface area contributed by atoms with Crippen molar-refractivity contribution in [1.29, 1.82) is 0 Å². The summed E-state index contributed by atoms with van der Waals surface area (Å²) in [6, 6.07) is 11.0. The minimum Gasteiger partial charge on any atom is -0.361 e. The summed E-state index contributed by atoms with van der Waals surface area (Å²) in [5.41, 5.74) is 2.71. The predicted octanol–water partition coefficient (Wildman–Crippen LogP) is 4.48. The second-order valence-corrected chi connectivity index (χ2v) is 9.00. The second-order valence-electron chi connectivity index (χ2n) is 7.95. The molecule has 0 radical (unpaired) electrons. The molecule has 2 aliphatic rings. The fourth-order valence-corrected chi connectivity index (χ4v) is 5.56. The van der Waals surface area contributed by atoms with Crippen molar-refractivity contribution in [3.8, 4) is 11.3 Å². The lowest BCUT2D eigenvalue weighted by molar-refractivity contribution is 0.532. The highest BCUT2D eigenvalue weighted by Crippen LogP contribution is 2.37. The molecule has 2 bridgehead atoms. The largest absolute Gasteiger partial charge is 0.361 e. The van der Waals surface area contributed by atoms with Crippen LogP contribution in [0.15, 0.2) is 66.1 Å². The number of pyridine rings is 2. The van der Waals surface area contributed by atoms with Gasteiger partial charge in [-0.25, -0.2) is 8.78 Å². The molecule has 2 aliphatic heterocycles. The Hall–Kier alpha value is -2.97. The lowest BCUT2D eigenvalue weighted by Gasteiger charge is -2.30. The second kappa shape index (κ2) is 7.32. The maximum absolute atomic E-state index is 15.0. The molecule has 0 amide bonds. The average molecular weight is 436 g/mol. The third-order valence-electron chi connectivity index (χ3n) is 6.06. The monoisotopic (exact) mass is 435 g/mol. The maximum Gasteiger partial charge on any atom is 0.150 e. The quantitative estimate of drug-likeness (QED) is 0.512. The molecule has 2 fully saturated rings. The smallest absolute Gasteiger partial charge is 0.150 e. The summed E-state index contributed by atoms with van der Waals surface area (Å²) in [6.45, 7) is 1.43. The molecule has 5 nitrogen and oxygen atoms in total. The Bertz CT molecular complexity index is 1250. The van der Waals surface area contributed by atoms with Crippen molar-refractivity contribution >= 4 is 28.5 Å². The van der Waals surface area contributed by atoms with Gasteiger partial charge < -0.3 is 10.2 Å². The summed E-state index contributed by atoms with van der Waals surface area (Å²) in [5.74, 6) is -1.03. The zero-order chi connectivity index (χ0) is 20.9. The van der Waals surface area contributed by atoms with E-state index in [-0.39, 0.29) is 11.7 Å². The highest BCUT2D eigenvalue weighted by molar-refractivity contribution is 7.98. The SMILES string of the molecule is Fc1cc(Sn2ccc3c(-c4ccccn4)cncc32)cc(F)c1N1CC2CC1CN2. The Morgan fingerprint density at radius 1 is 1.10 bits per heavy atom. The van der Waals surface area contributed by atoms with Gasteiger partial charge in [-0.2, -0.15) is 0 Å². The van der Waals surface area contributed by atoms with Gasteiger partial charge in [0.15, 0.2) is 11.6 Å². The van der Waals surface area contributed by atoms with E-state index in [2.05, 4.69) is 15.3 Å². The van der Waals surface area contributed by atoms with Crippen molar-refractivity contribution in [3.63, 3.8) is 0 Å². The lowest BCUT2D eigenvalue weighted by Crippen LogP contribution is -2.44. The minimum absolute atomic E-state index is 0.0924. The van der Waals surface area contributed by atoms with Crippen molar-refractivity contribution < 1.29 is 8.78 Å². The Morgan fingerprint density at radius 3 is 2.68 bits per heavy atom. The van der Waals surface area contributed by atoms with E-state index < -0.39 is 11.6 Å². The van der Waals surface area contributed by atoms with Gasteiger partial charge in [0, 0.05) is 59.6 Å². The Morgan fingerprint density at radius 2 is 1.97 bits per heavy atom. The molecule has 5 heterocycles. The van der Waals surface area contributed by atoms with E-state index >= 15 is 0 Å². The number of hydrogen-bond donors (Lipinski definition) is 1. The molecule has 1 N–H and O–H groups in total. The molecule has 2 saturated heterocycles. The molecule has 3 aromatic heterocycles. The number of nitrogens with one attached hydrogen (secondary N) is 1. The van der Waals surface area contributed by atoms with Crippen LogP contribution in [0.3, 0.4) is 0 Å². The summed E-state index contributed by atoms with van der Waals surface area (Å²) in [4.78, 5) is 11.1. The number of fused-ring (bicyclic) bond motifs is 3. The molecule has 156 valence electrons. The van der Waals surface area contributed by atoms with Gasteiger partial charge in [-0.05, 0) is 48.7 Å². The third-order valence-corrected chi connectivity index (χ3v) is 7.02. The summed E-state index contributed by atoms with van der Waals surface area (Å²) < 4.78 is 31.8. The van der Waals surface area contributed by atoms with E-state index in [0.717, 1.165) is 35.1 Å². The van der Waals surface area contributed by atoms with Crippen LogP contribution in [0.2, 0.25) is 0 Å². The van der Waals surface area contributed by atoms with Crippen molar-refractivity contribution in [2.45, 2.75) is 23.4 Å². The highest BCUT2D eigenvalue weighted by atomic mass is 32.2. The molecule has 0 saturated carbocycles. The zero-order valence-electron chi connectivity index (χ0n) is 16.5. The van der Waals surface area contributed by atoms with E-state index in [1.54, 1.807) is 18.6 Å². The molecule has 2 atom stereocenters. The standard InChI is InChI=1S/C23H19F2N5S/c24-19-8-16(9-20(25)23(19)29-13-14-7-15(29)10-28-14)31-30-6-4-17-18(11-26-12-22(17)30)21-3-1-2-5-27-21/h1-6,8-9,11-12,14-15,28H,7,10,13H2. The lowest BCUT2D eigenvalue weighted by atomic mass is 10.1. The van der Waals surface area contributed by atoms with Gasteiger partial charge in [0.25, 0.3) is 0 Å². The first-order valence-corrected chi connectivity index (χ1v) is 11.0. The summed E-state index contributed by atoms with van der Waals surface area (Å²) in [7, 11) is 0. The number of piperazine rings is 1. The number of aromatic nitrogens is 3. The molecule has 4 aromatic rings. The minimum atomic E-state index is -0.515. The first kappa shape index (κ1) is 18.8. The fraction of sp³-hybridized carbons (Fsp3) is 0.217. The van der Waals surface area contributed by atoms with Crippen molar-refractivity contribution in [2.75, 3.05) is 18.0 Å². The molecular formula is C23H19F2N5S. The number of benzene rings is 1. The summed E-state index contributed by atoms with van der Waals surface area (Å²) in [6.07, 6.45) is 8.11. The van der Waals surface area contributed by atoms with Crippen LogP contribution in [0.5, 0.6) is 0 Å². The van der Waals surface area contributed by atoms with Crippen LogP contribution in [0.4, 0.5) is 14.5 Å². The first-order valence-electron chi connectivity index (χ1n) is 10.2. The number of hydrogen-bond acceptors (Lipinski definition) is 5. The van der Waals surface area contributed by atoms with Gasteiger partial charge >= 0.3 is 0 Å². The van der Waals surface area contributed by atoms with E-state index in [1.165, 1.54) is 24.1 Å². The van der Waals surface area contributed by atoms with Crippen LogP contribution in [0.25, 0.3) is 22.2 Å². The first-order chi connectivity index (χ1) is 15.2. The molecule has 1 aromatic carbocycles. The van der Waals surface area contributed by atoms with Gasteiger partial charge in [0.1, 0.15) is 5.69 Å². The van der Waals surface area contributed by atoms with E-state index in [1.807, 2.05) is 39.3 Å². The number of nitrogens with zero attached hydrogens (tertiary/aromatic N) is 4. The normalized spacial score (nSPS) is 20.1. The van der Waals surface area contributed by atoms with Gasteiger partial charge in [0.05, 0.1) is 17.4 Å². The zero-order valence-corrected chi connectivity index (χ0v) is 17.3. The van der Waals surface area contributed by atoms with Crippen LogP contribution < -0.4 is 10.2 Å². The Kier molecular flexibility index (Phi) is 4.43. The number of anilines is 1. The summed E-state index contributed by atoms with van der Waals surface area (Å²) >= 11 is 1.27.